The van der Waals surface area contributed by atoms with Crippen LogP contribution < -0.4 is 11.3 Å². The van der Waals surface area contributed by atoms with E-state index in [0.717, 1.165) is 32.1 Å². The van der Waals surface area contributed by atoms with E-state index in [1.807, 2.05) is 0 Å². The van der Waals surface area contributed by atoms with E-state index in [9.17, 15) is 8.78 Å². The normalized spacial score (nSPS) is 19.2. The quantitative estimate of drug-likeness (QED) is 0.625. The highest BCUT2D eigenvalue weighted by atomic mass is 19.2. The van der Waals surface area contributed by atoms with E-state index in [0.29, 0.717) is 17.0 Å². The molecular formula is C17H26F2N2. The summed E-state index contributed by atoms with van der Waals surface area (Å²) in [6, 6.07) is 2.98. The van der Waals surface area contributed by atoms with Gasteiger partial charge in [0.15, 0.2) is 11.6 Å². The predicted octanol–water partition coefficient (Wildman–Crippen LogP) is 4.38. The highest BCUT2D eigenvalue weighted by molar-refractivity contribution is 5.29. The highest BCUT2D eigenvalue weighted by Gasteiger charge is 2.43. The molecule has 1 aliphatic rings. The SMILES string of the molecule is Cc1ccc(C(NN)C2(CC(C)C)CCCC2)c(F)c1F. The Labute approximate surface area is 126 Å². The smallest absolute Gasteiger partial charge is 0.163 e. The Morgan fingerprint density at radius 3 is 2.33 bits per heavy atom. The Morgan fingerprint density at radius 2 is 1.81 bits per heavy atom. The summed E-state index contributed by atoms with van der Waals surface area (Å²) in [5, 5.41) is 0. The van der Waals surface area contributed by atoms with Gasteiger partial charge in [-0.15, -0.1) is 0 Å². The standard InChI is InChI=1S/C17H26F2N2/c1-11(2)10-17(8-4-5-9-17)16(21-20)13-7-6-12(3)14(18)15(13)19/h6-7,11,16,21H,4-5,8-10,20H2,1-3H3. The van der Waals surface area contributed by atoms with E-state index < -0.39 is 11.6 Å². The molecule has 1 atom stereocenters. The Morgan fingerprint density at radius 1 is 1.19 bits per heavy atom. The van der Waals surface area contributed by atoms with Crippen molar-refractivity contribution in [3.63, 3.8) is 0 Å². The van der Waals surface area contributed by atoms with Crippen LogP contribution in [0.3, 0.4) is 0 Å². The number of benzene rings is 1. The minimum absolute atomic E-state index is 0.0779. The Hall–Kier alpha value is -1.00. The largest absolute Gasteiger partial charge is 0.271 e. The van der Waals surface area contributed by atoms with Crippen LogP contribution in [0.4, 0.5) is 8.78 Å². The third-order valence-corrected chi connectivity index (χ3v) is 4.81. The molecule has 1 saturated carbocycles. The van der Waals surface area contributed by atoms with Crippen molar-refractivity contribution in [1.82, 2.24) is 5.43 Å². The van der Waals surface area contributed by atoms with Crippen LogP contribution in [0.1, 0.15) is 63.1 Å². The van der Waals surface area contributed by atoms with E-state index in [1.54, 1.807) is 19.1 Å². The van der Waals surface area contributed by atoms with Gasteiger partial charge in [0, 0.05) is 5.56 Å². The van der Waals surface area contributed by atoms with E-state index in [-0.39, 0.29) is 11.5 Å². The molecule has 118 valence electrons. The zero-order valence-electron chi connectivity index (χ0n) is 13.2. The van der Waals surface area contributed by atoms with Crippen molar-refractivity contribution in [3.8, 4) is 0 Å². The summed E-state index contributed by atoms with van der Waals surface area (Å²) in [6.45, 7) is 5.91. The summed E-state index contributed by atoms with van der Waals surface area (Å²) in [4.78, 5) is 0. The maximum atomic E-state index is 14.4. The second kappa shape index (κ2) is 6.41. The molecule has 0 spiro atoms. The minimum atomic E-state index is -0.759. The number of hydrazine groups is 1. The van der Waals surface area contributed by atoms with Gasteiger partial charge >= 0.3 is 0 Å². The first-order valence-corrected chi connectivity index (χ1v) is 7.82. The molecule has 0 amide bonds. The molecule has 0 heterocycles. The first kappa shape index (κ1) is 16.4. The van der Waals surface area contributed by atoms with Gasteiger partial charge in [-0.3, -0.25) is 11.3 Å². The van der Waals surface area contributed by atoms with E-state index >= 15 is 0 Å². The van der Waals surface area contributed by atoms with Crippen molar-refractivity contribution in [3.05, 3.63) is 34.9 Å². The Balaban J connectivity index is 2.44. The molecule has 1 aliphatic carbocycles. The van der Waals surface area contributed by atoms with Crippen LogP contribution in [0.2, 0.25) is 0 Å². The fourth-order valence-corrected chi connectivity index (χ4v) is 3.98. The van der Waals surface area contributed by atoms with Gasteiger partial charge in [-0.2, -0.15) is 0 Å². The molecule has 0 aromatic heterocycles. The van der Waals surface area contributed by atoms with Gasteiger partial charge in [0.05, 0.1) is 6.04 Å². The van der Waals surface area contributed by atoms with Crippen molar-refractivity contribution >= 4 is 0 Å². The van der Waals surface area contributed by atoms with Crippen molar-refractivity contribution in [2.45, 2.75) is 58.9 Å². The van der Waals surface area contributed by atoms with Crippen LogP contribution in [-0.2, 0) is 0 Å². The predicted molar refractivity (Wildman–Crippen MR) is 81.5 cm³/mol. The van der Waals surface area contributed by atoms with Crippen molar-refractivity contribution < 1.29 is 8.78 Å². The molecule has 0 radical (unpaired) electrons. The lowest BCUT2D eigenvalue weighted by molar-refractivity contribution is 0.152. The summed E-state index contributed by atoms with van der Waals surface area (Å²) in [7, 11) is 0. The summed E-state index contributed by atoms with van der Waals surface area (Å²) in [5.41, 5.74) is 3.40. The van der Waals surface area contributed by atoms with Gasteiger partial charge in [-0.1, -0.05) is 38.8 Å². The van der Waals surface area contributed by atoms with Crippen LogP contribution in [0.25, 0.3) is 0 Å². The van der Waals surface area contributed by atoms with Gasteiger partial charge in [-0.05, 0) is 43.1 Å². The third kappa shape index (κ3) is 3.11. The lowest BCUT2D eigenvalue weighted by Gasteiger charge is -2.39. The van der Waals surface area contributed by atoms with E-state index in [1.165, 1.54) is 0 Å². The molecule has 1 unspecified atom stereocenters. The van der Waals surface area contributed by atoms with Crippen molar-refractivity contribution in [2.24, 2.45) is 17.2 Å². The Bertz CT molecular complexity index is 494. The van der Waals surface area contributed by atoms with Gasteiger partial charge in [0.2, 0.25) is 0 Å². The van der Waals surface area contributed by atoms with Crippen molar-refractivity contribution in [2.75, 3.05) is 0 Å². The number of nitrogens with two attached hydrogens (primary N) is 1. The molecule has 0 saturated heterocycles. The third-order valence-electron chi connectivity index (χ3n) is 4.81. The van der Waals surface area contributed by atoms with Crippen LogP contribution in [0.5, 0.6) is 0 Å². The fraction of sp³-hybridized carbons (Fsp3) is 0.647. The van der Waals surface area contributed by atoms with E-state index in [4.69, 9.17) is 5.84 Å². The second-order valence-corrected chi connectivity index (χ2v) is 6.87. The first-order valence-electron chi connectivity index (χ1n) is 7.82. The summed E-state index contributed by atoms with van der Waals surface area (Å²) >= 11 is 0. The summed E-state index contributed by atoms with van der Waals surface area (Å²) in [5.74, 6) is 4.75. The lowest BCUT2D eigenvalue weighted by Crippen LogP contribution is -2.41. The number of hydrogen-bond acceptors (Lipinski definition) is 2. The lowest BCUT2D eigenvalue weighted by atomic mass is 9.70. The molecule has 1 aromatic carbocycles. The zero-order chi connectivity index (χ0) is 15.6. The number of aryl methyl sites for hydroxylation is 1. The van der Waals surface area contributed by atoms with Gasteiger partial charge in [0.25, 0.3) is 0 Å². The molecule has 21 heavy (non-hydrogen) atoms. The number of rotatable bonds is 5. The maximum Gasteiger partial charge on any atom is 0.163 e. The first-order chi connectivity index (χ1) is 9.91. The van der Waals surface area contributed by atoms with Crippen molar-refractivity contribution in [1.29, 1.82) is 0 Å². The molecular weight excluding hydrogens is 270 g/mol. The van der Waals surface area contributed by atoms with Crippen LogP contribution >= 0.6 is 0 Å². The number of hydrogen-bond donors (Lipinski definition) is 2. The zero-order valence-corrected chi connectivity index (χ0v) is 13.2. The number of nitrogens with one attached hydrogen (secondary N) is 1. The van der Waals surface area contributed by atoms with Crippen LogP contribution in [0.15, 0.2) is 12.1 Å². The number of halogens is 2. The topological polar surface area (TPSA) is 38.0 Å². The molecule has 0 aliphatic heterocycles. The van der Waals surface area contributed by atoms with Gasteiger partial charge < -0.3 is 0 Å². The molecule has 2 nitrogen and oxygen atoms in total. The van der Waals surface area contributed by atoms with Crippen LogP contribution in [-0.4, -0.2) is 0 Å². The highest BCUT2D eigenvalue weighted by Crippen LogP contribution is 2.51. The molecule has 1 aromatic rings. The van der Waals surface area contributed by atoms with Crippen LogP contribution in [0, 0.1) is 29.9 Å². The molecule has 2 rings (SSSR count). The summed E-state index contributed by atoms with van der Waals surface area (Å²) in [6.07, 6.45) is 5.24. The Kier molecular flexibility index (Phi) is 4.99. The minimum Gasteiger partial charge on any atom is -0.271 e. The fourth-order valence-electron chi connectivity index (χ4n) is 3.98. The van der Waals surface area contributed by atoms with Gasteiger partial charge in [-0.25, -0.2) is 8.78 Å². The molecule has 4 heteroatoms. The summed E-state index contributed by atoms with van der Waals surface area (Å²) < 4.78 is 28.3. The molecule has 0 bridgehead atoms. The van der Waals surface area contributed by atoms with E-state index in [2.05, 4.69) is 19.3 Å². The average molecular weight is 296 g/mol. The molecule has 3 N–H and O–H groups in total. The van der Waals surface area contributed by atoms with Gasteiger partial charge in [0.1, 0.15) is 0 Å². The average Bonchev–Trinajstić information content (AvgIpc) is 2.88. The maximum absolute atomic E-state index is 14.4. The molecule has 1 fully saturated rings. The second-order valence-electron chi connectivity index (χ2n) is 6.87. The monoisotopic (exact) mass is 296 g/mol.